The van der Waals surface area contributed by atoms with Crippen molar-refractivity contribution in [3.05, 3.63) is 0 Å². The molecule has 2 heteroatoms. The van der Waals surface area contributed by atoms with Gasteiger partial charge in [0.1, 0.15) is 0 Å². The van der Waals surface area contributed by atoms with E-state index in [1.165, 1.54) is 12.2 Å². The zero-order chi connectivity index (χ0) is 5.28. The summed E-state index contributed by atoms with van der Waals surface area (Å²) in [4.78, 5) is 0. The second-order valence-electron chi connectivity index (χ2n) is 2.03. The maximum atomic E-state index is 5.66. The van der Waals surface area contributed by atoms with Crippen LogP contribution in [0.1, 0.15) is 13.3 Å². The number of hydrogen-bond acceptors (Lipinski definition) is 2. The van der Waals surface area contributed by atoms with Crippen LogP contribution in [0.2, 0.25) is 0 Å². The lowest BCUT2D eigenvalue weighted by Gasteiger charge is -2.04. The molecule has 0 aromatic rings. The summed E-state index contributed by atoms with van der Waals surface area (Å²) < 4.78 is 0. The first-order chi connectivity index (χ1) is 3.30. The smallest absolute Gasteiger partial charge is 0.0171 e. The first kappa shape index (κ1) is 5.45. The summed E-state index contributed by atoms with van der Waals surface area (Å²) in [7, 11) is 0. The second kappa shape index (κ2) is 2.05. The molecule has 1 fully saturated rings. The Kier molecular flexibility index (Phi) is 1.60. The van der Waals surface area contributed by atoms with Gasteiger partial charge in [0.25, 0.3) is 0 Å². The molecule has 1 rings (SSSR count). The molecule has 0 aromatic heterocycles. The van der Waals surface area contributed by atoms with Crippen LogP contribution >= 0.6 is 11.8 Å². The van der Waals surface area contributed by atoms with E-state index in [1.54, 1.807) is 0 Å². The quantitative estimate of drug-likeness (QED) is 0.509. The number of thioether (sulfide) groups is 1. The van der Waals surface area contributed by atoms with Crippen LogP contribution in [-0.2, 0) is 0 Å². The van der Waals surface area contributed by atoms with Gasteiger partial charge >= 0.3 is 0 Å². The van der Waals surface area contributed by atoms with Crippen molar-refractivity contribution in [3.8, 4) is 0 Å². The molecule has 7 heavy (non-hydrogen) atoms. The highest BCUT2D eigenvalue weighted by Gasteiger charge is 2.18. The maximum Gasteiger partial charge on any atom is 0.0171 e. The minimum Gasteiger partial charge on any atom is -0.327 e. The van der Waals surface area contributed by atoms with Crippen LogP contribution < -0.4 is 5.73 Å². The fourth-order valence-electron chi connectivity index (χ4n) is 0.748. The SMILES string of the molecule is C[C@@H]1SCC[C@@H]1N. The van der Waals surface area contributed by atoms with Gasteiger partial charge in [0, 0.05) is 11.3 Å². The molecule has 2 N–H and O–H groups in total. The van der Waals surface area contributed by atoms with Crippen LogP contribution in [0, 0.1) is 0 Å². The van der Waals surface area contributed by atoms with E-state index in [4.69, 9.17) is 5.73 Å². The molecule has 1 nitrogen and oxygen atoms in total. The van der Waals surface area contributed by atoms with Crippen molar-refractivity contribution in [1.29, 1.82) is 0 Å². The van der Waals surface area contributed by atoms with E-state index >= 15 is 0 Å². The first-order valence-corrected chi connectivity index (χ1v) is 3.73. The van der Waals surface area contributed by atoms with Crippen molar-refractivity contribution < 1.29 is 0 Å². The van der Waals surface area contributed by atoms with E-state index in [9.17, 15) is 0 Å². The summed E-state index contributed by atoms with van der Waals surface area (Å²) >= 11 is 1.98. The second-order valence-corrected chi connectivity index (χ2v) is 3.51. The van der Waals surface area contributed by atoms with Gasteiger partial charge in [0.05, 0.1) is 0 Å². The maximum absolute atomic E-state index is 5.66. The fraction of sp³-hybridized carbons (Fsp3) is 1.00. The lowest BCUT2D eigenvalue weighted by Crippen LogP contribution is -2.24. The van der Waals surface area contributed by atoms with Crippen molar-refractivity contribution in [2.75, 3.05) is 5.75 Å². The van der Waals surface area contributed by atoms with Gasteiger partial charge < -0.3 is 5.73 Å². The third-order valence-corrected chi connectivity index (χ3v) is 2.78. The van der Waals surface area contributed by atoms with Crippen molar-refractivity contribution >= 4 is 11.8 Å². The Hall–Kier alpha value is 0.310. The van der Waals surface area contributed by atoms with Gasteiger partial charge in [-0.05, 0) is 12.2 Å². The third-order valence-electron chi connectivity index (χ3n) is 1.43. The van der Waals surface area contributed by atoms with Gasteiger partial charge in [-0.25, -0.2) is 0 Å². The minimum absolute atomic E-state index is 0.477. The summed E-state index contributed by atoms with van der Waals surface area (Å²) in [5.74, 6) is 1.27. The zero-order valence-corrected chi connectivity index (χ0v) is 5.37. The van der Waals surface area contributed by atoms with Gasteiger partial charge in [-0.15, -0.1) is 0 Å². The highest BCUT2D eigenvalue weighted by atomic mass is 32.2. The van der Waals surface area contributed by atoms with Crippen LogP contribution in [0.4, 0.5) is 0 Å². The van der Waals surface area contributed by atoms with Crippen molar-refractivity contribution in [1.82, 2.24) is 0 Å². The molecule has 0 bridgehead atoms. The molecule has 1 heterocycles. The summed E-state index contributed by atoms with van der Waals surface area (Å²) in [6, 6.07) is 0.477. The lowest BCUT2D eigenvalue weighted by molar-refractivity contribution is 0.677. The molecular formula is C5H11NS. The highest BCUT2D eigenvalue weighted by molar-refractivity contribution is 8.00. The molecule has 1 saturated heterocycles. The molecule has 42 valence electrons. The highest BCUT2D eigenvalue weighted by Crippen LogP contribution is 2.23. The van der Waals surface area contributed by atoms with Crippen molar-refractivity contribution in [2.24, 2.45) is 5.73 Å². The Morgan fingerprint density at radius 1 is 1.71 bits per heavy atom. The average Bonchev–Trinajstić information content (AvgIpc) is 1.91. The fourth-order valence-corrected chi connectivity index (χ4v) is 1.91. The summed E-state index contributed by atoms with van der Waals surface area (Å²) in [5.41, 5.74) is 5.66. The van der Waals surface area contributed by atoms with E-state index < -0.39 is 0 Å². The predicted molar refractivity (Wildman–Crippen MR) is 34.5 cm³/mol. The molecule has 0 aromatic carbocycles. The lowest BCUT2D eigenvalue weighted by atomic mass is 10.2. The average molecular weight is 117 g/mol. The first-order valence-electron chi connectivity index (χ1n) is 2.68. The summed E-state index contributed by atoms with van der Waals surface area (Å²) in [6.07, 6.45) is 1.21. The standard InChI is InChI=1S/C5H11NS/c1-4-5(6)2-3-7-4/h4-5H,2-3,6H2,1H3/t4-,5-/m0/s1. The summed E-state index contributed by atoms with van der Waals surface area (Å²) in [6.45, 7) is 2.20. The third kappa shape index (κ3) is 1.10. The Morgan fingerprint density at radius 3 is 2.57 bits per heavy atom. The van der Waals surface area contributed by atoms with Crippen LogP contribution in [0.25, 0.3) is 0 Å². The Morgan fingerprint density at radius 2 is 2.43 bits per heavy atom. The summed E-state index contributed by atoms with van der Waals surface area (Å²) in [5, 5.41) is 0.708. The molecule has 0 spiro atoms. The van der Waals surface area contributed by atoms with Gasteiger partial charge in [-0.1, -0.05) is 6.92 Å². The largest absolute Gasteiger partial charge is 0.327 e. The molecule has 1 aliphatic rings. The molecule has 2 atom stereocenters. The van der Waals surface area contributed by atoms with Crippen molar-refractivity contribution in [2.45, 2.75) is 24.6 Å². The van der Waals surface area contributed by atoms with Gasteiger partial charge in [-0.3, -0.25) is 0 Å². The molecule has 0 radical (unpaired) electrons. The molecule has 0 aliphatic carbocycles. The van der Waals surface area contributed by atoms with Gasteiger partial charge in [0.2, 0.25) is 0 Å². The molecular weight excluding hydrogens is 106 g/mol. The Labute approximate surface area is 48.7 Å². The molecule has 1 aliphatic heterocycles. The normalized spacial score (nSPS) is 42.0. The van der Waals surface area contributed by atoms with Gasteiger partial charge in [0.15, 0.2) is 0 Å². The van der Waals surface area contributed by atoms with Crippen LogP contribution in [0.5, 0.6) is 0 Å². The minimum atomic E-state index is 0.477. The molecule has 0 unspecified atom stereocenters. The van der Waals surface area contributed by atoms with Crippen LogP contribution in [-0.4, -0.2) is 17.0 Å². The number of nitrogens with two attached hydrogens (primary N) is 1. The topological polar surface area (TPSA) is 26.0 Å². The zero-order valence-electron chi connectivity index (χ0n) is 4.55. The Balaban J connectivity index is 2.33. The van der Waals surface area contributed by atoms with E-state index in [2.05, 4.69) is 6.92 Å². The Bertz CT molecular complexity index is 57.1. The van der Waals surface area contributed by atoms with E-state index in [0.29, 0.717) is 11.3 Å². The van der Waals surface area contributed by atoms with E-state index in [0.717, 1.165) is 0 Å². The monoisotopic (exact) mass is 117 g/mol. The predicted octanol–water partition coefficient (Wildman–Crippen LogP) is 0.839. The van der Waals surface area contributed by atoms with E-state index in [1.807, 2.05) is 11.8 Å². The number of rotatable bonds is 0. The van der Waals surface area contributed by atoms with Gasteiger partial charge in [-0.2, -0.15) is 11.8 Å². The van der Waals surface area contributed by atoms with Crippen LogP contribution in [0.15, 0.2) is 0 Å². The van der Waals surface area contributed by atoms with Crippen molar-refractivity contribution in [3.63, 3.8) is 0 Å². The van der Waals surface area contributed by atoms with E-state index in [-0.39, 0.29) is 0 Å². The molecule has 0 amide bonds. The molecule has 0 saturated carbocycles. The van der Waals surface area contributed by atoms with Crippen LogP contribution in [0.3, 0.4) is 0 Å². The number of hydrogen-bond donors (Lipinski definition) is 1.